The van der Waals surface area contributed by atoms with E-state index < -0.39 is 0 Å². The quantitative estimate of drug-likeness (QED) is 0.699. The van der Waals surface area contributed by atoms with Crippen LogP contribution in [-0.2, 0) is 0 Å². The lowest BCUT2D eigenvalue weighted by Gasteiger charge is -2.21. The summed E-state index contributed by atoms with van der Waals surface area (Å²) in [6.45, 7) is 6.19. The molecule has 3 aromatic rings. The molecule has 130 valence electrons. The number of hydrogen-bond donors (Lipinski definition) is 2. The van der Waals surface area contributed by atoms with Crippen LogP contribution < -0.4 is 10.6 Å². The van der Waals surface area contributed by atoms with Gasteiger partial charge in [0.25, 0.3) is 0 Å². The van der Waals surface area contributed by atoms with E-state index in [1.54, 1.807) is 12.1 Å². The fourth-order valence-corrected chi connectivity index (χ4v) is 2.47. The van der Waals surface area contributed by atoms with Crippen molar-refractivity contribution in [2.45, 2.75) is 26.3 Å². The Kier molecular flexibility index (Phi) is 4.85. The number of anilines is 3. The first-order chi connectivity index (χ1) is 12.4. The van der Waals surface area contributed by atoms with Crippen molar-refractivity contribution in [1.82, 2.24) is 9.97 Å². The molecule has 3 rings (SSSR count). The predicted octanol–water partition coefficient (Wildman–Crippen LogP) is 4.97. The molecule has 1 heterocycles. The molecule has 0 saturated carbocycles. The van der Waals surface area contributed by atoms with Crippen LogP contribution in [0.4, 0.5) is 17.5 Å². The average Bonchev–Trinajstić information content (AvgIpc) is 2.61. The van der Waals surface area contributed by atoms with Crippen molar-refractivity contribution in [3.05, 3.63) is 66.2 Å². The Morgan fingerprint density at radius 2 is 1.69 bits per heavy atom. The van der Waals surface area contributed by atoms with Crippen LogP contribution in [0.1, 0.15) is 26.3 Å². The van der Waals surface area contributed by atoms with Crippen LogP contribution in [0.15, 0.2) is 60.7 Å². The standard InChI is InChI=1S/C21H21N5/c1-21(2,3)26-20-24-18(16-9-5-4-6-10-16)13-19(25-20)23-17-11-7-8-15(12-17)14-22/h4-13H,1-3H3,(H2,23,24,25,26). The summed E-state index contributed by atoms with van der Waals surface area (Å²) >= 11 is 0. The minimum atomic E-state index is -0.159. The third kappa shape index (κ3) is 4.58. The Labute approximate surface area is 153 Å². The summed E-state index contributed by atoms with van der Waals surface area (Å²) in [7, 11) is 0. The van der Waals surface area contributed by atoms with Crippen LogP contribution in [-0.4, -0.2) is 15.5 Å². The summed E-state index contributed by atoms with van der Waals surface area (Å²) < 4.78 is 0. The average molecular weight is 343 g/mol. The molecule has 0 atom stereocenters. The zero-order valence-electron chi connectivity index (χ0n) is 15.1. The van der Waals surface area contributed by atoms with E-state index in [1.807, 2.05) is 48.5 Å². The molecule has 0 aliphatic rings. The van der Waals surface area contributed by atoms with Gasteiger partial charge in [-0.3, -0.25) is 0 Å². The molecular formula is C21H21N5. The second kappa shape index (κ2) is 7.24. The summed E-state index contributed by atoms with van der Waals surface area (Å²) in [5.74, 6) is 1.22. The molecule has 0 aliphatic carbocycles. The van der Waals surface area contributed by atoms with Crippen molar-refractivity contribution in [3.63, 3.8) is 0 Å². The Bertz CT molecular complexity index is 937. The highest BCUT2D eigenvalue weighted by Gasteiger charge is 2.14. The summed E-state index contributed by atoms with van der Waals surface area (Å²) in [6, 6.07) is 21.3. The van der Waals surface area contributed by atoms with E-state index in [2.05, 4.69) is 47.4 Å². The summed E-state index contributed by atoms with van der Waals surface area (Å²) in [5.41, 5.74) is 3.09. The largest absolute Gasteiger partial charge is 0.350 e. The van der Waals surface area contributed by atoms with Gasteiger partial charge in [0.1, 0.15) is 5.82 Å². The van der Waals surface area contributed by atoms with E-state index in [-0.39, 0.29) is 5.54 Å². The van der Waals surface area contributed by atoms with E-state index in [4.69, 9.17) is 5.26 Å². The van der Waals surface area contributed by atoms with Gasteiger partial charge in [0, 0.05) is 22.9 Å². The van der Waals surface area contributed by atoms with Gasteiger partial charge in [0.15, 0.2) is 0 Å². The van der Waals surface area contributed by atoms with Gasteiger partial charge < -0.3 is 10.6 Å². The maximum Gasteiger partial charge on any atom is 0.225 e. The molecule has 0 aliphatic heterocycles. The Balaban J connectivity index is 2.00. The Hall–Kier alpha value is -3.39. The molecule has 0 radical (unpaired) electrons. The van der Waals surface area contributed by atoms with Gasteiger partial charge in [-0.1, -0.05) is 36.4 Å². The topological polar surface area (TPSA) is 73.6 Å². The second-order valence-corrected chi connectivity index (χ2v) is 7.02. The van der Waals surface area contributed by atoms with Crippen molar-refractivity contribution in [3.8, 4) is 17.3 Å². The van der Waals surface area contributed by atoms with Crippen molar-refractivity contribution < 1.29 is 0 Å². The minimum Gasteiger partial charge on any atom is -0.350 e. The normalized spacial score (nSPS) is 10.8. The van der Waals surface area contributed by atoms with Crippen LogP contribution in [0.2, 0.25) is 0 Å². The molecule has 0 amide bonds. The summed E-state index contributed by atoms with van der Waals surface area (Å²) in [4.78, 5) is 9.23. The monoisotopic (exact) mass is 343 g/mol. The molecule has 0 saturated heterocycles. The van der Waals surface area contributed by atoms with Gasteiger partial charge in [-0.25, -0.2) is 4.98 Å². The Morgan fingerprint density at radius 3 is 2.38 bits per heavy atom. The molecule has 0 spiro atoms. The number of aromatic nitrogens is 2. The van der Waals surface area contributed by atoms with Crippen molar-refractivity contribution in [2.75, 3.05) is 10.6 Å². The number of benzene rings is 2. The van der Waals surface area contributed by atoms with Gasteiger partial charge in [-0.05, 0) is 39.0 Å². The SMILES string of the molecule is CC(C)(C)Nc1nc(Nc2cccc(C#N)c2)cc(-c2ccccc2)n1. The molecule has 0 unspecified atom stereocenters. The van der Waals surface area contributed by atoms with E-state index >= 15 is 0 Å². The fraction of sp³-hybridized carbons (Fsp3) is 0.190. The molecular weight excluding hydrogens is 322 g/mol. The Morgan fingerprint density at radius 1 is 0.923 bits per heavy atom. The molecule has 5 heteroatoms. The van der Waals surface area contributed by atoms with Crippen LogP contribution in [0.3, 0.4) is 0 Å². The smallest absolute Gasteiger partial charge is 0.225 e. The molecule has 5 nitrogen and oxygen atoms in total. The van der Waals surface area contributed by atoms with E-state index in [9.17, 15) is 0 Å². The number of rotatable bonds is 4. The predicted molar refractivity (Wildman–Crippen MR) is 105 cm³/mol. The first-order valence-electron chi connectivity index (χ1n) is 8.43. The fourth-order valence-electron chi connectivity index (χ4n) is 2.47. The zero-order chi connectivity index (χ0) is 18.6. The highest BCUT2D eigenvalue weighted by Crippen LogP contribution is 2.25. The maximum atomic E-state index is 9.08. The minimum absolute atomic E-state index is 0.159. The van der Waals surface area contributed by atoms with Crippen LogP contribution in [0.5, 0.6) is 0 Å². The highest BCUT2D eigenvalue weighted by molar-refractivity contribution is 5.68. The van der Waals surface area contributed by atoms with Gasteiger partial charge in [0.05, 0.1) is 17.3 Å². The maximum absolute atomic E-state index is 9.08. The third-order valence-corrected chi connectivity index (χ3v) is 3.55. The first kappa shape index (κ1) is 17.4. The lowest BCUT2D eigenvalue weighted by molar-refractivity contribution is 0.626. The zero-order valence-corrected chi connectivity index (χ0v) is 15.1. The lowest BCUT2D eigenvalue weighted by Crippen LogP contribution is -2.27. The van der Waals surface area contributed by atoms with Crippen molar-refractivity contribution in [2.24, 2.45) is 0 Å². The molecule has 1 aromatic heterocycles. The van der Waals surface area contributed by atoms with Gasteiger partial charge in [-0.2, -0.15) is 10.2 Å². The highest BCUT2D eigenvalue weighted by atomic mass is 15.2. The first-order valence-corrected chi connectivity index (χ1v) is 8.43. The summed E-state index contributed by atoms with van der Waals surface area (Å²) in [5, 5.41) is 15.7. The van der Waals surface area contributed by atoms with Crippen molar-refractivity contribution >= 4 is 17.5 Å². The van der Waals surface area contributed by atoms with Gasteiger partial charge in [-0.15, -0.1) is 0 Å². The lowest BCUT2D eigenvalue weighted by atomic mass is 10.1. The number of nitrogens with zero attached hydrogens (tertiary/aromatic N) is 3. The van der Waals surface area contributed by atoms with Gasteiger partial charge >= 0.3 is 0 Å². The van der Waals surface area contributed by atoms with Gasteiger partial charge in [0.2, 0.25) is 5.95 Å². The third-order valence-electron chi connectivity index (χ3n) is 3.55. The van der Waals surface area contributed by atoms with E-state index in [0.29, 0.717) is 17.3 Å². The summed E-state index contributed by atoms with van der Waals surface area (Å²) in [6.07, 6.45) is 0. The molecule has 2 N–H and O–H groups in total. The van der Waals surface area contributed by atoms with Crippen LogP contribution in [0, 0.1) is 11.3 Å². The molecule has 0 fully saturated rings. The van der Waals surface area contributed by atoms with E-state index in [0.717, 1.165) is 16.9 Å². The van der Waals surface area contributed by atoms with Crippen molar-refractivity contribution in [1.29, 1.82) is 5.26 Å². The number of nitrogens with one attached hydrogen (secondary N) is 2. The second-order valence-electron chi connectivity index (χ2n) is 7.02. The molecule has 26 heavy (non-hydrogen) atoms. The molecule has 2 aromatic carbocycles. The van der Waals surface area contributed by atoms with E-state index in [1.165, 1.54) is 0 Å². The number of hydrogen-bond acceptors (Lipinski definition) is 5. The molecule has 0 bridgehead atoms. The van der Waals surface area contributed by atoms with Crippen LogP contribution in [0.25, 0.3) is 11.3 Å². The number of nitriles is 1. The van der Waals surface area contributed by atoms with Crippen LogP contribution >= 0.6 is 0 Å².